The van der Waals surface area contributed by atoms with Crippen LogP contribution in [0.1, 0.15) is 47.8 Å². The van der Waals surface area contributed by atoms with Gasteiger partial charge in [-0.1, -0.05) is 18.2 Å². The minimum absolute atomic E-state index is 0.0106. The third-order valence-electron chi connectivity index (χ3n) is 7.07. The Morgan fingerprint density at radius 1 is 1.17 bits per heavy atom. The van der Waals surface area contributed by atoms with Crippen LogP contribution in [0.2, 0.25) is 0 Å². The van der Waals surface area contributed by atoms with E-state index in [9.17, 15) is 24.6 Å². The maximum Gasteiger partial charge on any atom is 0.194 e. The van der Waals surface area contributed by atoms with E-state index in [0.717, 1.165) is 11.3 Å². The van der Waals surface area contributed by atoms with Gasteiger partial charge >= 0.3 is 0 Å². The Kier molecular flexibility index (Phi) is 5.01. The average molecular weight is 475 g/mol. The molecule has 3 N–H and O–H groups in total. The van der Waals surface area contributed by atoms with Crippen LogP contribution in [0.15, 0.2) is 47.4 Å². The first kappa shape index (κ1) is 22.7. The summed E-state index contributed by atoms with van der Waals surface area (Å²) in [5.74, 6) is -1.62. The zero-order valence-corrected chi connectivity index (χ0v) is 19.8. The van der Waals surface area contributed by atoms with Crippen molar-refractivity contribution < 1.29 is 34.1 Å². The van der Waals surface area contributed by atoms with Gasteiger partial charge in [-0.3, -0.25) is 14.4 Å². The molecule has 0 fully saturated rings. The molecule has 8 heteroatoms. The number of para-hydroxylation sites is 1. The number of nitrogens with one attached hydrogen (secondary N) is 1. The first-order chi connectivity index (χ1) is 16.6. The van der Waals surface area contributed by atoms with E-state index in [1.165, 1.54) is 19.9 Å². The van der Waals surface area contributed by atoms with E-state index in [-0.39, 0.29) is 45.6 Å². The Morgan fingerprint density at radius 3 is 2.57 bits per heavy atom. The first-order valence-electron chi connectivity index (χ1n) is 11.3. The highest BCUT2D eigenvalue weighted by molar-refractivity contribution is 6.31. The highest BCUT2D eigenvalue weighted by Gasteiger charge is 2.56. The quantitative estimate of drug-likeness (QED) is 0.350. The van der Waals surface area contributed by atoms with Crippen molar-refractivity contribution in [3.05, 3.63) is 69.6 Å². The number of Topliss-reactive ketones (excluding diaryl/α,β-unsaturated/α-hetero) is 2. The van der Waals surface area contributed by atoms with Gasteiger partial charge in [-0.25, -0.2) is 0 Å². The van der Waals surface area contributed by atoms with Crippen LogP contribution >= 0.6 is 0 Å². The summed E-state index contributed by atoms with van der Waals surface area (Å²) < 4.78 is 11.7. The summed E-state index contributed by atoms with van der Waals surface area (Å²) in [6.45, 7) is 6.28. The molecule has 180 valence electrons. The maximum atomic E-state index is 13.8. The summed E-state index contributed by atoms with van der Waals surface area (Å²) in [5.41, 5.74) is -0.113. The van der Waals surface area contributed by atoms with Gasteiger partial charge in [-0.15, -0.1) is 0 Å². The van der Waals surface area contributed by atoms with Crippen molar-refractivity contribution in [1.82, 2.24) is 5.32 Å². The van der Waals surface area contributed by atoms with Gasteiger partial charge in [0.15, 0.2) is 17.3 Å². The molecule has 0 amide bonds. The number of benzene rings is 2. The smallest absolute Gasteiger partial charge is 0.194 e. The standard InChI is InChI=1S/C27H25NO7/c1-12-23(31)21(14(3)29)25-22(24(12)32)27(4)19(35-25)10-17(30)20(26(27)33)13(2)28-11-16-9-15-7-5-6-8-18(15)34-16/h5-8,10,16,28,31-32H,9,11H2,1-4H3/b20-13+/t16-,27+/m1/s1. The van der Waals surface area contributed by atoms with Crippen LogP contribution in [0.5, 0.6) is 23.0 Å². The second kappa shape index (κ2) is 7.73. The highest BCUT2D eigenvalue weighted by atomic mass is 16.5. The van der Waals surface area contributed by atoms with E-state index in [1.807, 2.05) is 24.3 Å². The zero-order valence-electron chi connectivity index (χ0n) is 19.8. The van der Waals surface area contributed by atoms with Crippen molar-refractivity contribution in [1.29, 1.82) is 0 Å². The van der Waals surface area contributed by atoms with Gasteiger partial charge in [0.2, 0.25) is 0 Å². The van der Waals surface area contributed by atoms with Gasteiger partial charge in [0.1, 0.15) is 45.8 Å². The van der Waals surface area contributed by atoms with Gasteiger partial charge in [0, 0.05) is 23.8 Å². The molecule has 0 saturated heterocycles. The fourth-order valence-electron chi connectivity index (χ4n) is 5.09. The normalized spacial score (nSPS) is 23.5. The molecule has 5 rings (SSSR count). The van der Waals surface area contributed by atoms with Crippen LogP contribution in [0.4, 0.5) is 0 Å². The van der Waals surface area contributed by atoms with Gasteiger partial charge in [-0.2, -0.15) is 0 Å². The van der Waals surface area contributed by atoms with E-state index in [2.05, 4.69) is 5.32 Å². The maximum absolute atomic E-state index is 13.8. The number of aromatic hydroxyl groups is 2. The zero-order chi connectivity index (χ0) is 25.2. The topological polar surface area (TPSA) is 122 Å². The molecule has 2 aliphatic heterocycles. The third kappa shape index (κ3) is 3.16. The number of phenols is 2. The van der Waals surface area contributed by atoms with Gasteiger partial charge < -0.3 is 25.0 Å². The second-order valence-corrected chi connectivity index (χ2v) is 9.32. The van der Waals surface area contributed by atoms with Crippen molar-refractivity contribution in [3.63, 3.8) is 0 Å². The molecule has 0 radical (unpaired) electrons. The largest absolute Gasteiger partial charge is 0.507 e. The minimum Gasteiger partial charge on any atom is -0.507 e. The van der Waals surface area contributed by atoms with Gasteiger partial charge in [-0.05, 0) is 39.3 Å². The monoisotopic (exact) mass is 475 g/mol. The molecule has 0 saturated carbocycles. The van der Waals surface area contributed by atoms with Crippen LogP contribution in [0.25, 0.3) is 0 Å². The number of fused-ring (bicyclic) bond motifs is 4. The molecule has 0 unspecified atom stereocenters. The number of hydrogen-bond donors (Lipinski definition) is 3. The molecule has 35 heavy (non-hydrogen) atoms. The highest BCUT2D eigenvalue weighted by Crippen LogP contribution is 2.57. The predicted molar refractivity (Wildman–Crippen MR) is 126 cm³/mol. The molecule has 0 aromatic heterocycles. The molecular formula is C27H25NO7. The van der Waals surface area contributed by atoms with Crippen molar-refractivity contribution in [3.8, 4) is 23.0 Å². The van der Waals surface area contributed by atoms with Crippen molar-refractivity contribution in [2.45, 2.75) is 45.6 Å². The van der Waals surface area contributed by atoms with Crippen molar-refractivity contribution in [2.75, 3.05) is 6.54 Å². The van der Waals surface area contributed by atoms with Gasteiger partial charge in [0.05, 0.1) is 17.7 Å². The molecule has 2 aromatic carbocycles. The lowest BCUT2D eigenvalue weighted by Gasteiger charge is -2.29. The number of allylic oxidation sites excluding steroid dienone is 4. The molecule has 2 atom stereocenters. The number of ketones is 3. The molecule has 2 aromatic rings. The van der Waals surface area contributed by atoms with Crippen LogP contribution < -0.4 is 14.8 Å². The molecular weight excluding hydrogens is 450 g/mol. The molecule has 0 bridgehead atoms. The Hall–Kier alpha value is -4.07. The lowest BCUT2D eigenvalue weighted by molar-refractivity contribution is -0.123. The minimum atomic E-state index is -1.53. The Morgan fingerprint density at radius 2 is 1.89 bits per heavy atom. The van der Waals surface area contributed by atoms with Crippen LogP contribution in [0.3, 0.4) is 0 Å². The fourth-order valence-corrected chi connectivity index (χ4v) is 5.09. The van der Waals surface area contributed by atoms with Crippen LogP contribution in [0, 0.1) is 6.92 Å². The van der Waals surface area contributed by atoms with E-state index in [4.69, 9.17) is 9.47 Å². The SMILES string of the molecule is CC(=O)c1c(O)c(C)c(O)c2c1OC1=CC(=O)/C(=C(/C)NC[C@H]3Cc4ccccc4O3)C(=O)[C@@]12C. The number of carbonyl (C=O) groups is 3. The fraction of sp³-hybridized carbons (Fsp3) is 0.296. The number of hydrogen-bond acceptors (Lipinski definition) is 8. The van der Waals surface area contributed by atoms with Crippen LogP contribution in [-0.4, -0.2) is 40.2 Å². The van der Waals surface area contributed by atoms with E-state index < -0.39 is 28.5 Å². The van der Waals surface area contributed by atoms with Crippen molar-refractivity contribution in [2.24, 2.45) is 0 Å². The Labute approximate surface area is 201 Å². The van der Waals surface area contributed by atoms with E-state index >= 15 is 0 Å². The molecule has 0 spiro atoms. The lowest BCUT2D eigenvalue weighted by atomic mass is 9.70. The Balaban J connectivity index is 1.51. The lowest BCUT2D eigenvalue weighted by Crippen LogP contribution is -2.41. The second-order valence-electron chi connectivity index (χ2n) is 9.32. The summed E-state index contributed by atoms with van der Waals surface area (Å²) in [7, 11) is 0. The van der Waals surface area contributed by atoms with E-state index in [0.29, 0.717) is 18.7 Å². The number of ether oxygens (including phenoxy) is 2. The Bertz CT molecular complexity index is 1380. The molecule has 2 heterocycles. The number of phenolic OH excluding ortho intramolecular Hbond substituents is 2. The molecule has 1 aliphatic carbocycles. The summed E-state index contributed by atoms with van der Waals surface area (Å²) in [6.07, 6.45) is 1.77. The number of rotatable bonds is 4. The van der Waals surface area contributed by atoms with Crippen molar-refractivity contribution >= 4 is 17.3 Å². The predicted octanol–water partition coefficient (Wildman–Crippen LogP) is 3.16. The number of carbonyl (C=O) groups excluding carboxylic acids is 3. The first-order valence-corrected chi connectivity index (χ1v) is 11.3. The summed E-state index contributed by atoms with van der Waals surface area (Å²) in [6, 6.07) is 7.76. The average Bonchev–Trinajstić information content (AvgIpc) is 3.35. The van der Waals surface area contributed by atoms with Crippen LogP contribution in [-0.2, 0) is 21.4 Å². The third-order valence-corrected chi connectivity index (χ3v) is 7.07. The summed E-state index contributed by atoms with van der Waals surface area (Å²) in [4.78, 5) is 39.1. The molecule has 8 nitrogen and oxygen atoms in total. The summed E-state index contributed by atoms with van der Waals surface area (Å²) in [5, 5.41) is 24.5. The summed E-state index contributed by atoms with van der Waals surface area (Å²) >= 11 is 0. The molecule has 3 aliphatic rings. The van der Waals surface area contributed by atoms with E-state index in [1.54, 1.807) is 13.8 Å². The van der Waals surface area contributed by atoms with Gasteiger partial charge in [0.25, 0.3) is 0 Å².